The summed E-state index contributed by atoms with van der Waals surface area (Å²) >= 11 is 0. The number of ether oxygens (including phenoxy) is 2. The lowest BCUT2D eigenvalue weighted by Crippen LogP contribution is -2.30. The third kappa shape index (κ3) is 7.04. The van der Waals surface area contributed by atoms with E-state index >= 15 is 0 Å². The number of allylic oxidation sites excluding steroid dienone is 1. The van der Waals surface area contributed by atoms with Gasteiger partial charge in [0, 0.05) is 36.3 Å². The number of carbonyl (C=O) groups is 1. The number of hydrogen-bond acceptors (Lipinski definition) is 5. The van der Waals surface area contributed by atoms with E-state index < -0.39 is 46.7 Å². The van der Waals surface area contributed by atoms with E-state index in [-0.39, 0.29) is 29.8 Å². The molecule has 38 heavy (non-hydrogen) atoms. The Morgan fingerprint density at radius 3 is 2.34 bits per heavy atom. The number of carbonyl (C=O) groups excluding carboxylic acids is 1. The van der Waals surface area contributed by atoms with Crippen LogP contribution in [0.25, 0.3) is 5.57 Å². The number of nitrogens with zero attached hydrogens (tertiary/aromatic N) is 2. The lowest BCUT2D eigenvalue weighted by molar-refractivity contribution is -0.143. The minimum absolute atomic E-state index is 0.0247. The third-order valence-corrected chi connectivity index (χ3v) is 5.23. The normalized spacial score (nSPS) is 14.6. The number of amides is 1. The highest BCUT2D eigenvalue weighted by atomic mass is 19.4. The summed E-state index contributed by atoms with van der Waals surface area (Å²) in [5, 5.41) is 0. The van der Waals surface area contributed by atoms with Crippen LogP contribution in [-0.4, -0.2) is 39.1 Å². The van der Waals surface area contributed by atoms with Crippen molar-refractivity contribution in [3.63, 3.8) is 0 Å². The van der Waals surface area contributed by atoms with Crippen LogP contribution in [0.3, 0.4) is 0 Å². The second kappa shape index (κ2) is 11.6. The lowest BCUT2D eigenvalue weighted by atomic mass is 9.98. The van der Waals surface area contributed by atoms with Gasteiger partial charge in [0.05, 0.1) is 36.8 Å². The summed E-state index contributed by atoms with van der Waals surface area (Å²) in [5.74, 6) is 3.71. The van der Waals surface area contributed by atoms with Crippen LogP contribution in [-0.2, 0) is 17.1 Å². The first-order chi connectivity index (χ1) is 17.8. The first kappa shape index (κ1) is 28.5. The fourth-order valence-electron chi connectivity index (χ4n) is 3.15. The van der Waals surface area contributed by atoms with Gasteiger partial charge in [-0.05, 0) is 36.4 Å². The number of rotatable bonds is 5. The average molecular weight is 543 g/mol. The van der Waals surface area contributed by atoms with Gasteiger partial charge in [-0.15, -0.1) is 0 Å². The fraction of sp³-hybridized carbons (Fsp3) is 0.280. The quantitative estimate of drug-likeness (QED) is 0.306. The van der Waals surface area contributed by atoms with Crippen LogP contribution in [0, 0.1) is 23.6 Å². The molecular weight excluding hydrogens is 523 g/mol. The molecule has 13 heteroatoms. The molecule has 1 amide bonds. The molecule has 1 aliphatic rings. The molecule has 0 radical (unpaired) electrons. The topological polar surface area (TPSA) is 77.2 Å². The second-order valence-corrected chi connectivity index (χ2v) is 7.95. The molecular formula is C25H20F7N3O3. The van der Waals surface area contributed by atoms with Crippen LogP contribution in [0.4, 0.5) is 41.2 Å². The second-order valence-electron chi connectivity index (χ2n) is 7.95. The van der Waals surface area contributed by atoms with E-state index in [4.69, 9.17) is 15.2 Å². The van der Waals surface area contributed by atoms with Gasteiger partial charge < -0.3 is 15.2 Å². The van der Waals surface area contributed by atoms with E-state index in [0.717, 1.165) is 48.6 Å². The molecule has 1 heterocycles. The van der Waals surface area contributed by atoms with Crippen molar-refractivity contribution in [2.45, 2.75) is 12.4 Å². The fourth-order valence-corrected chi connectivity index (χ4v) is 3.15. The van der Waals surface area contributed by atoms with Crippen LogP contribution in [0.15, 0.2) is 47.6 Å². The summed E-state index contributed by atoms with van der Waals surface area (Å²) in [4.78, 5) is 17.4. The van der Waals surface area contributed by atoms with Crippen molar-refractivity contribution < 1.29 is 45.0 Å². The summed E-state index contributed by atoms with van der Waals surface area (Å²) in [5.41, 5.74) is 0.899. The van der Waals surface area contributed by atoms with Gasteiger partial charge in [-0.1, -0.05) is 11.8 Å². The molecule has 3 rings (SSSR count). The van der Waals surface area contributed by atoms with Gasteiger partial charge in [-0.2, -0.15) is 26.3 Å². The van der Waals surface area contributed by atoms with E-state index in [9.17, 15) is 35.5 Å². The molecule has 6 nitrogen and oxygen atoms in total. The van der Waals surface area contributed by atoms with E-state index in [1.54, 1.807) is 0 Å². The molecule has 1 aliphatic heterocycles. The summed E-state index contributed by atoms with van der Waals surface area (Å²) in [6, 6.07) is 4.51. The van der Waals surface area contributed by atoms with Crippen molar-refractivity contribution in [3.8, 4) is 17.6 Å². The molecule has 0 spiro atoms. The Morgan fingerprint density at radius 2 is 1.82 bits per heavy atom. The number of anilines is 1. The van der Waals surface area contributed by atoms with Crippen molar-refractivity contribution in [2.75, 3.05) is 31.7 Å². The van der Waals surface area contributed by atoms with Gasteiger partial charge in [-0.25, -0.2) is 9.18 Å². The molecule has 202 valence electrons. The first-order valence-electron chi connectivity index (χ1n) is 10.8. The summed E-state index contributed by atoms with van der Waals surface area (Å²) in [6.45, 7) is 0.786. The van der Waals surface area contributed by atoms with E-state index in [1.807, 2.05) is 0 Å². The maximum absolute atomic E-state index is 13.9. The van der Waals surface area contributed by atoms with Crippen molar-refractivity contribution in [2.24, 2.45) is 16.6 Å². The molecule has 1 fully saturated rings. The van der Waals surface area contributed by atoms with Crippen molar-refractivity contribution >= 4 is 23.6 Å². The highest BCUT2D eigenvalue weighted by Gasteiger charge is 2.41. The van der Waals surface area contributed by atoms with Gasteiger partial charge in [0.15, 0.2) is 5.75 Å². The Labute approximate surface area is 212 Å². The van der Waals surface area contributed by atoms with Gasteiger partial charge >= 0.3 is 18.4 Å². The van der Waals surface area contributed by atoms with Crippen LogP contribution in [0.2, 0.25) is 0 Å². The zero-order valence-corrected chi connectivity index (χ0v) is 19.7. The smallest absolute Gasteiger partial charge is 0.409 e. The number of alkyl halides is 6. The average Bonchev–Trinajstić information content (AvgIpc) is 2.81. The van der Waals surface area contributed by atoms with Gasteiger partial charge in [0.25, 0.3) is 0 Å². The van der Waals surface area contributed by atoms with Crippen LogP contribution in [0.5, 0.6) is 5.75 Å². The monoisotopic (exact) mass is 543 g/mol. The molecule has 0 aromatic heterocycles. The number of nitrogens with two attached hydrogens (primary N) is 1. The molecule has 1 saturated heterocycles. The Morgan fingerprint density at radius 1 is 1.16 bits per heavy atom. The van der Waals surface area contributed by atoms with Gasteiger partial charge in [-0.3, -0.25) is 9.89 Å². The standard InChI is InChI=1S/C25H20F7N3O3/c1-35(19-6-4-18(26)5-7-19)23(36)38-22-20(9-17(24(27,28)29)10-21(22)25(30,31)32)16(11-33)12-34-8-2-3-15-13-37-14-15/h4-7,9-12,15H,8,13-14,33H2,1H3. The molecule has 0 unspecified atom stereocenters. The molecule has 2 aromatic carbocycles. The van der Waals surface area contributed by atoms with Crippen molar-refractivity contribution in [1.82, 2.24) is 0 Å². The van der Waals surface area contributed by atoms with E-state index in [0.29, 0.717) is 19.3 Å². The predicted molar refractivity (Wildman–Crippen MR) is 125 cm³/mol. The van der Waals surface area contributed by atoms with Crippen molar-refractivity contribution in [3.05, 3.63) is 65.1 Å². The molecule has 0 saturated carbocycles. The maximum Gasteiger partial charge on any atom is 0.420 e. The minimum Gasteiger partial charge on any atom is -0.409 e. The first-order valence-corrected chi connectivity index (χ1v) is 10.8. The summed E-state index contributed by atoms with van der Waals surface area (Å²) < 4.78 is 105. The highest BCUT2D eigenvalue weighted by molar-refractivity contribution is 6.11. The zero-order chi connectivity index (χ0) is 28.1. The predicted octanol–water partition coefficient (Wildman–Crippen LogP) is 5.52. The highest BCUT2D eigenvalue weighted by Crippen LogP contribution is 2.44. The van der Waals surface area contributed by atoms with Gasteiger partial charge in [0.2, 0.25) is 0 Å². The third-order valence-electron chi connectivity index (χ3n) is 5.23. The molecule has 0 atom stereocenters. The Hall–Kier alpha value is -4.05. The Balaban J connectivity index is 2.05. The zero-order valence-electron chi connectivity index (χ0n) is 19.7. The largest absolute Gasteiger partial charge is 0.420 e. The molecule has 0 aliphatic carbocycles. The van der Waals surface area contributed by atoms with Crippen molar-refractivity contribution in [1.29, 1.82) is 0 Å². The Kier molecular flexibility index (Phi) is 8.67. The number of halogens is 7. The maximum atomic E-state index is 13.9. The van der Waals surface area contributed by atoms with Crippen LogP contribution in [0.1, 0.15) is 16.7 Å². The van der Waals surface area contributed by atoms with Crippen LogP contribution < -0.4 is 15.4 Å². The number of benzene rings is 2. The van der Waals surface area contributed by atoms with E-state index in [2.05, 4.69) is 16.8 Å². The van der Waals surface area contributed by atoms with Crippen LogP contribution >= 0.6 is 0 Å². The SMILES string of the molecule is CN(C(=O)Oc1c(C(C=NCC#CC2COC2)=CN)cc(C(F)(F)F)cc1C(F)(F)F)c1ccc(F)cc1. The minimum atomic E-state index is -5.35. The number of aliphatic imine (C=N–C) groups is 1. The van der Waals surface area contributed by atoms with E-state index in [1.165, 1.54) is 0 Å². The molecule has 0 bridgehead atoms. The molecule has 2 N–H and O–H groups in total. The number of hydrogen-bond donors (Lipinski definition) is 1. The van der Waals surface area contributed by atoms with Gasteiger partial charge in [0.1, 0.15) is 5.82 Å². The molecule has 2 aromatic rings. The summed E-state index contributed by atoms with van der Waals surface area (Å²) in [7, 11) is 1.12. The lowest BCUT2D eigenvalue weighted by Gasteiger charge is -2.22. The Bertz CT molecular complexity index is 1290. The summed E-state index contributed by atoms with van der Waals surface area (Å²) in [6.07, 6.45) is -10.2.